The zero-order valence-corrected chi connectivity index (χ0v) is 17.8. The molecule has 2 atom stereocenters. The second-order valence-corrected chi connectivity index (χ2v) is 8.28. The van der Waals surface area contributed by atoms with Crippen LogP contribution in [0.1, 0.15) is 25.3 Å². The van der Waals surface area contributed by atoms with Crippen LogP contribution < -0.4 is 5.32 Å². The van der Waals surface area contributed by atoms with E-state index in [1.807, 2.05) is 13.0 Å². The van der Waals surface area contributed by atoms with Crippen LogP contribution in [-0.2, 0) is 12.1 Å². The molecule has 9 heteroatoms. The second kappa shape index (κ2) is 9.30. The molecule has 0 unspecified atom stereocenters. The third-order valence-electron chi connectivity index (χ3n) is 6.23. The second-order valence-electron chi connectivity index (χ2n) is 8.28. The third-order valence-corrected chi connectivity index (χ3v) is 6.23. The van der Waals surface area contributed by atoms with Gasteiger partial charge in [0.05, 0.1) is 6.54 Å². The summed E-state index contributed by atoms with van der Waals surface area (Å²) in [5, 5.41) is 19.1. The summed E-state index contributed by atoms with van der Waals surface area (Å²) in [6.07, 6.45) is 4.34. The predicted octanol–water partition coefficient (Wildman–Crippen LogP) is 3.55. The molecule has 2 N–H and O–H groups in total. The number of hydrogen-bond donors (Lipinski definition) is 2. The van der Waals surface area contributed by atoms with E-state index in [-0.39, 0.29) is 24.0 Å². The summed E-state index contributed by atoms with van der Waals surface area (Å²) in [5.74, 6) is -1.80. The summed E-state index contributed by atoms with van der Waals surface area (Å²) >= 11 is 0. The smallest absolute Gasteiger partial charge is 0.137 e. The Morgan fingerprint density at radius 3 is 2.53 bits per heavy atom. The van der Waals surface area contributed by atoms with E-state index in [1.54, 1.807) is 6.07 Å². The normalized spacial score (nSPS) is 18.3. The standard InChI is InChI=1S/C23H26F3N5O/c1-16(30-9-7-19(8-10-30)29-20-4-2-3-17(24)11-20)23(32,13-31-15-27-14-28-31)21-6-5-18(25)12-22(21)26/h2-6,11-12,14-16,19,29,32H,7-10,13H2,1H3/t16-,23-/m1/s1. The number of nitrogens with zero attached hydrogens (tertiary/aromatic N) is 4. The molecule has 0 bridgehead atoms. The number of aliphatic hydroxyl groups is 1. The van der Waals surface area contributed by atoms with Crippen molar-refractivity contribution in [2.45, 2.75) is 44.0 Å². The van der Waals surface area contributed by atoms with E-state index in [2.05, 4.69) is 20.3 Å². The van der Waals surface area contributed by atoms with Gasteiger partial charge in [0.15, 0.2) is 0 Å². The molecule has 0 aliphatic carbocycles. The highest BCUT2D eigenvalue weighted by Crippen LogP contribution is 2.34. The number of aromatic nitrogens is 3. The van der Waals surface area contributed by atoms with Crippen LogP contribution in [0.15, 0.2) is 55.1 Å². The lowest BCUT2D eigenvalue weighted by atomic mass is 9.84. The Balaban J connectivity index is 1.51. The fraction of sp³-hybridized carbons (Fsp3) is 0.391. The van der Waals surface area contributed by atoms with Crippen molar-refractivity contribution in [2.24, 2.45) is 0 Å². The van der Waals surface area contributed by atoms with Crippen LogP contribution in [0.25, 0.3) is 0 Å². The molecule has 1 aromatic heterocycles. The first-order valence-corrected chi connectivity index (χ1v) is 10.6. The number of halogens is 3. The maximum atomic E-state index is 14.7. The van der Waals surface area contributed by atoms with Gasteiger partial charge < -0.3 is 10.4 Å². The Morgan fingerprint density at radius 1 is 1.12 bits per heavy atom. The Bertz CT molecular complexity index is 1040. The largest absolute Gasteiger partial charge is 0.382 e. The van der Waals surface area contributed by atoms with Gasteiger partial charge in [-0.25, -0.2) is 22.8 Å². The maximum absolute atomic E-state index is 14.7. The first-order chi connectivity index (χ1) is 15.3. The van der Waals surface area contributed by atoms with Gasteiger partial charge in [0, 0.05) is 42.5 Å². The summed E-state index contributed by atoms with van der Waals surface area (Å²) in [6, 6.07) is 9.24. The first-order valence-electron chi connectivity index (χ1n) is 10.6. The number of rotatable bonds is 7. The minimum atomic E-state index is -1.66. The van der Waals surface area contributed by atoms with E-state index < -0.39 is 23.3 Å². The summed E-state index contributed by atoms with van der Waals surface area (Å²) in [7, 11) is 0. The molecule has 170 valence electrons. The van der Waals surface area contributed by atoms with Crippen LogP contribution in [0.3, 0.4) is 0 Å². The monoisotopic (exact) mass is 445 g/mol. The Labute approximate surface area is 184 Å². The molecule has 32 heavy (non-hydrogen) atoms. The summed E-state index contributed by atoms with van der Waals surface area (Å²) < 4.78 is 43.2. The van der Waals surface area contributed by atoms with Crippen molar-refractivity contribution in [2.75, 3.05) is 18.4 Å². The third kappa shape index (κ3) is 4.78. The van der Waals surface area contributed by atoms with Gasteiger partial charge in [0.2, 0.25) is 0 Å². The molecule has 0 saturated carbocycles. The molecule has 0 spiro atoms. The number of piperidine rings is 1. The molecule has 1 aliphatic rings. The lowest BCUT2D eigenvalue weighted by Crippen LogP contribution is -2.55. The fourth-order valence-electron chi connectivity index (χ4n) is 4.39. The van der Waals surface area contributed by atoms with E-state index in [0.29, 0.717) is 13.1 Å². The summed E-state index contributed by atoms with van der Waals surface area (Å²) in [6.45, 7) is 3.10. The molecule has 1 saturated heterocycles. The van der Waals surface area contributed by atoms with Gasteiger partial charge in [0.1, 0.15) is 35.7 Å². The number of anilines is 1. The fourth-order valence-corrected chi connectivity index (χ4v) is 4.39. The first kappa shape index (κ1) is 22.3. The van der Waals surface area contributed by atoms with Gasteiger partial charge in [-0.3, -0.25) is 4.90 Å². The quantitative estimate of drug-likeness (QED) is 0.582. The van der Waals surface area contributed by atoms with Crippen LogP contribution >= 0.6 is 0 Å². The molecule has 1 fully saturated rings. The zero-order valence-electron chi connectivity index (χ0n) is 17.8. The molecule has 6 nitrogen and oxygen atoms in total. The van der Waals surface area contributed by atoms with Gasteiger partial charge in [-0.1, -0.05) is 12.1 Å². The number of hydrogen-bond acceptors (Lipinski definition) is 5. The van der Waals surface area contributed by atoms with Crippen LogP contribution in [-0.4, -0.2) is 49.9 Å². The van der Waals surface area contributed by atoms with E-state index in [9.17, 15) is 18.3 Å². The number of benzene rings is 2. The van der Waals surface area contributed by atoms with Crippen LogP contribution in [0, 0.1) is 17.5 Å². The van der Waals surface area contributed by atoms with Crippen LogP contribution in [0.2, 0.25) is 0 Å². The van der Waals surface area contributed by atoms with E-state index in [0.717, 1.165) is 30.7 Å². The lowest BCUT2D eigenvalue weighted by Gasteiger charge is -2.44. The lowest BCUT2D eigenvalue weighted by molar-refractivity contribution is -0.0686. The maximum Gasteiger partial charge on any atom is 0.137 e. The molecule has 4 rings (SSSR count). The van der Waals surface area contributed by atoms with Crippen molar-refractivity contribution in [3.8, 4) is 0 Å². The summed E-state index contributed by atoms with van der Waals surface area (Å²) in [4.78, 5) is 5.99. The van der Waals surface area contributed by atoms with E-state index >= 15 is 0 Å². The van der Waals surface area contributed by atoms with Crippen LogP contribution in [0.5, 0.6) is 0 Å². The van der Waals surface area contributed by atoms with Crippen LogP contribution in [0.4, 0.5) is 18.9 Å². The Kier molecular flexibility index (Phi) is 6.48. The number of likely N-dealkylation sites (tertiary alicyclic amines) is 1. The van der Waals surface area contributed by atoms with Crippen molar-refractivity contribution in [3.63, 3.8) is 0 Å². The zero-order chi connectivity index (χ0) is 22.7. The van der Waals surface area contributed by atoms with Crippen molar-refractivity contribution in [1.29, 1.82) is 0 Å². The minimum Gasteiger partial charge on any atom is -0.382 e. The molecule has 0 radical (unpaired) electrons. The molecule has 1 aliphatic heterocycles. The van der Waals surface area contributed by atoms with E-state index in [1.165, 1.54) is 35.5 Å². The van der Waals surface area contributed by atoms with Crippen molar-refractivity contribution >= 4 is 5.69 Å². The van der Waals surface area contributed by atoms with Gasteiger partial charge in [-0.2, -0.15) is 5.10 Å². The minimum absolute atomic E-state index is 0.0157. The topological polar surface area (TPSA) is 66.2 Å². The molecule has 2 aromatic carbocycles. The Hall–Kier alpha value is -2.91. The highest BCUT2D eigenvalue weighted by atomic mass is 19.1. The van der Waals surface area contributed by atoms with Gasteiger partial charge in [-0.05, 0) is 44.0 Å². The molecule has 2 heterocycles. The van der Waals surface area contributed by atoms with Crippen molar-refractivity contribution < 1.29 is 18.3 Å². The summed E-state index contributed by atoms with van der Waals surface area (Å²) in [5.41, 5.74) is -0.914. The predicted molar refractivity (Wildman–Crippen MR) is 114 cm³/mol. The number of nitrogens with one attached hydrogen (secondary N) is 1. The highest BCUT2D eigenvalue weighted by molar-refractivity contribution is 5.44. The molecular formula is C23H26F3N5O. The average molecular weight is 445 g/mol. The highest BCUT2D eigenvalue weighted by Gasteiger charge is 2.42. The van der Waals surface area contributed by atoms with Crippen molar-refractivity contribution in [1.82, 2.24) is 19.7 Å². The molecule has 0 amide bonds. The molecule has 3 aromatic rings. The van der Waals surface area contributed by atoms with Gasteiger partial charge in [0.25, 0.3) is 0 Å². The average Bonchev–Trinajstić information content (AvgIpc) is 3.26. The van der Waals surface area contributed by atoms with Gasteiger partial charge >= 0.3 is 0 Å². The molecular weight excluding hydrogens is 419 g/mol. The SMILES string of the molecule is C[C@@H](N1CCC(Nc2cccc(F)c2)CC1)[C@](O)(Cn1cncn1)c1ccc(F)cc1F. The van der Waals surface area contributed by atoms with Crippen molar-refractivity contribution in [3.05, 3.63) is 78.1 Å². The Morgan fingerprint density at radius 2 is 1.88 bits per heavy atom. The van der Waals surface area contributed by atoms with Gasteiger partial charge in [-0.15, -0.1) is 0 Å². The van der Waals surface area contributed by atoms with E-state index in [4.69, 9.17) is 0 Å².